The van der Waals surface area contributed by atoms with E-state index in [4.69, 9.17) is 37.0 Å². The fraction of sp³-hybridized carbons (Fsp3) is 0.938. The molecule has 0 aliphatic heterocycles. The summed E-state index contributed by atoms with van der Waals surface area (Å²) in [6, 6.07) is 0. The summed E-state index contributed by atoms with van der Waals surface area (Å²) < 4.78 is 67.9. The van der Waals surface area contributed by atoms with Crippen molar-refractivity contribution in [1.29, 1.82) is 0 Å². The summed E-state index contributed by atoms with van der Waals surface area (Å²) in [5.41, 5.74) is 0. The van der Waals surface area contributed by atoms with Crippen molar-refractivity contribution in [3.63, 3.8) is 0 Å². The van der Waals surface area contributed by atoms with Gasteiger partial charge in [-0.1, -0.05) is 266 Å². The lowest BCUT2D eigenvalue weighted by Gasteiger charge is -2.21. The summed E-state index contributed by atoms with van der Waals surface area (Å²) in [5, 5.41) is 10.5. The second kappa shape index (κ2) is 56.6. The molecule has 0 saturated heterocycles. The van der Waals surface area contributed by atoms with Gasteiger partial charge in [-0.15, -0.1) is 0 Å². The average molecular weight is 1230 g/mol. The first-order valence-electron chi connectivity index (χ1n) is 33.5. The molecule has 0 aliphatic carbocycles. The van der Waals surface area contributed by atoms with Gasteiger partial charge in [-0.2, -0.15) is 0 Å². The third-order valence-electron chi connectivity index (χ3n) is 15.1. The zero-order chi connectivity index (χ0) is 61.5. The molecule has 0 aliphatic rings. The molecule has 3 N–H and O–H groups in total. The lowest BCUT2D eigenvalue weighted by atomic mass is 10.00. The molecule has 17 nitrogen and oxygen atoms in total. The lowest BCUT2D eigenvalue weighted by Crippen LogP contribution is -2.30. The van der Waals surface area contributed by atoms with Crippen LogP contribution in [0.2, 0.25) is 0 Å². The van der Waals surface area contributed by atoms with Crippen LogP contribution in [0.1, 0.15) is 318 Å². The third kappa shape index (κ3) is 57.6. The first-order valence-corrected chi connectivity index (χ1v) is 36.5. The summed E-state index contributed by atoms with van der Waals surface area (Å²) >= 11 is 0. The normalized spacial score (nSPS) is 14.6. The van der Waals surface area contributed by atoms with Gasteiger partial charge in [-0.25, -0.2) is 9.13 Å². The fourth-order valence-electron chi connectivity index (χ4n) is 9.50. The minimum atomic E-state index is -4.94. The molecule has 0 saturated carbocycles. The van der Waals surface area contributed by atoms with E-state index in [1.165, 1.54) is 122 Å². The average Bonchev–Trinajstić information content (AvgIpc) is 3.47. The van der Waals surface area contributed by atoms with Crippen molar-refractivity contribution in [3.8, 4) is 0 Å². The van der Waals surface area contributed by atoms with Gasteiger partial charge < -0.3 is 33.8 Å². The Balaban J connectivity index is 5.22. The number of hydrogen-bond donors (Lipinski definition) is 3. The Hall–Kier alpha value is -1.94. The van der Waals surface area contributed by atoms with Crippen LogP contribution in [-0.2, 0) is 65.4 Å². The highest BCUT2D eigenvalue weighted by Crippen LogP contribution is 2.45. The van der Waals surface area contributed by atoms with Gasteiger partial charge in [-0.05, 0) is 37.5 Å². The molecule has 0 heterocycles. The van der Waals surface area contributed by atoms with Crippen LogP contribution in [0.25, 0.3) is 0 Å². The van der Waals surface area contributed by atoms with Crippen molar-refractivity contribution in [2.24, 2.45) is 11.8 Å². The first kappa shape index (κ1) is 81.1. The molecule has 0 radical (unpaired) electrons. The minimum absolute atomic E-state index is 0.102. The van der Waals surface area contributed by atoms with Crippen LogP contribution in [0.15, 0.2) is 0 Å². The molecule has 0 fully saturated rings. The number of hydrogen-bond acceptors (Lipinski definition) is 15. The summed E-state index contributed by atoms with van der Waals surface area (Å²) in [4.78, 5) is 72.1. The lowest BCUT2D eigenvalue weighted by molar-refractivity contribution is -0.161. The van der Waals surface area contributed by atoms with E-state index in [0.29, 0.717) is 25.7 Å². The van der Waals surface area contributed by atoms with Crippen LogP contribution in [0.3, 0.4) is 0 Å². The van der Waals surface area contributed by atoms with Crippen LogP contribution >= 0.6 is 15.6 Å². The molecule has 0 bridgehead atoms. The molecule has 0 rings (SSSR count). The topological polar surface area (TPSA) is 237 Å². The highest BCUT2D eigenvalue weighted by atomic mass is 31.2. The Bertz CT molecular complexity index is 1630. The smallest absolute Gasteiger partial charge is 0.462 e. The van der Waals surface area contributed by atoms with Gasteiger partial charge in [0.15, 0.2) is 12.2 Å². The number of aliphatic hydroxyl groups is 1. The summed E-state index contributed by atoms with van der Waals surface area (Å²) in [7, 11) is -9.88. The molecule has 19 heteroatoms. The molecular formula is C64H124O17P2. The van der Waals surface area contributed by atoms with Gasteiger partial charge in [-0.3, -0.25) is 37.3 Å². The zero-order valence-corrected chi connectivity index (χ0v) is 55.3. The summed E-state index contributed by atoms with van der Waals surface area (Å²) in [5.74, 6) is -0.693. The Morgan fingerprint density at radius 2 is 0.614 bits per heavy atom. The quantitative estimate of drug-likeness (QED) is 0.0222. The second-order valence-corrected chi connectivity index (χ2v) is 26.8. The van der Waals surface area contributed by atoms with Crippen molar-refractivity contribution in [2.75, 3.05) is 39.6 Å². The van der Waals surface area contributed by atoms with Gasteiger partial charge in [0.1, 0.15) is 19.3 Å². The van der Waals surface area contributed by atoms with Crippen molar-refractivity contribution in [2.45, 2.75) is 336 Å². The highest BCUT2D eigenvalue weighted by molar-refractivity contribution is 7.47. The SMILES string of the molecule is CCCCCCCCCCCCCCCCCC(=O)O[C@H](COC(=O)CCCCCCCCCCC(C)C)COP(=O)(O)OC[C@@H](O)COP(=O)(O)OC[C@@H](COC(=O)CCCCCCCCC)OC(=O)CCCCCCCCC(C)CC. The van der Waals surface area contributed by atoms with E-state index in [1.807, 2.05) is 0 Å². The maximum atomic E-state index is 13.0. The molecule has 0 amide bonds. The minimum Gasteiger partial charge on any atom is -0.462 e. The van der Waals surface area contributed by atoms with Gasteiger partial charge in [0.25, 0.3) is 0 Å². The summed E-state index contributed by atoms with van der Waals surface area (Å²) in [6.45, 7) is 9.37. The number of aliphatic hydroxyl groups excluding tert-OH is 1. The van der Waals surface area contributed by atoms with E-state index >= 15 is 0 Å². The molecule has 0 aromatic carbocycles. The Kier molecular flexibility index (Phi) is 55.2. The zero-order valence-electron chi connectivity index (χ0n) is 53.5. The van der Waals surface area contributed by atoms with Crippen LogP contribution in [0.4, 0.5) is 0 Å². The van der Waals surface area contributed by atoms with Gasteiger partial charge in [0.2, 0.25) is 0 Å². The standard InChI is InChI=1S/C64H124O17P2/c1-7-10-12-14-16-17-18-19-20-21-22-23-29-36-42-48-63(68)80-59(53-75-62(67)47-41-35-28-25-24-27-32-38-44-56(4)5)54-78-82(70,71)76-50-58(65)51-77-83(72,73)79-55-60(52-74-61(66)46-40-34-26-15-13-11-8-2)81-64(69)49-43-37-31-30-33-39-45-57(6)9-3/h56-60,65H,7-55H2,1-6H3,(H,70,71)(H,72,73)/t57?,58-,59-,60-/m1/s1. The Labute approximate surface area is 505 Å². The molecule has 492 valence electrons. The largest absolute Gasteiger partial charge is 0.472 e. The van der Waals surface area contributed by atoms with Crippen molar-refractivity contribution in [3.05, 3.63) is 0 Å². The van der Waals surface area contributed by atoms with Crippen LogP contribution in [-0.4, -0.2) is 96.7 Å². The number of unbranched alkanes of at least 4 members (excludes halogenated alkanes) is 32. The van der Waals surface area contributed by atoms with E-state index in [0.717, 1.165) is 115 Å². The number of rotatable bonds is 63. The molecule has 3 unspecified atom stereocenters. The number of carbonyl (C=O) groups is 4. The van der Waals surface area contributed by atoms with E-state index in [-0.39, 0.29) is 25.7 Å². The second-order valence-electron chi connectivity index (χ2n) is 23.9. The van der Waals surface area contributed by atoms with Crippen LogP contribution in [0.5, 0.6) is 0 Å². The van der Waals surface area contributed by atoms with E-state index in [2.05, 4.69) is 41.5 Å². The van der Waals surface area contributed by atoms with E-state index in [9.17, 15) is 43.2 Å². The maximum absolute atomic E-state index is 13.0. The third-order valence-corrected chi connectivity index (χ3v) is 17.0. The molecule has 0 aromatic rings. The predicted octanol–water partition coefficient (Wildman–Crippen LogP) is 17.7. The molecule has 0 spiro atoms. The highest BCUT2D eigenvalue weighted by Gasteiger charge is 2.30. The fourth-order valence-corrected chi connectivity index (χ4v) is 11.1. The maximum Gasteiger partial charge on any atom is 0.472 e. The van der Waals surface area contributed by atoms with Crippen molar-refractivity contribution >= 4 is 39.5 Å². The number of carbonyl (C=O) groups excluding carboxylic acids is 4. The first-order chi connectivity index (χ1) is 39.9. The van der Waals surface area contributed by atoms with Gasteiger partial charge in [0.05, 0.1) is 26.4 Å². The monoisotopic (exact) mass is 1230 g/mol. The van der Waals surface area contributed by atoms with Crippen molar-refractivity contribution < 1.29 is 80.2 Å². The molecule has 83 heavy (non-hydrogen) atoms. The Morgan fingerprint density at radius 1 is 0.349 bits per heavy atom. The number of esters is 4. The summed E-state index contributed by atoms with van der Waals surface area (Å²) in [6.07, 6.45) is 39.1. The molecular weight excluding hydrogens is 1100 g/mol. The molecule has 0 aromatic heterocycles. The number of phosphoric ester groups is 2. The van der Waals surface area contributed by atoms with Gasteiger partial charge >= 0.3 is 39.5 Å². The Morgan fingerprint density at radius 3 is 0.916 bits per heavy atom. The van der Waals surface area contributed by atoms with E-state index < -0.39 is 97.5 Å². The molecule has 6 atom stereocenters. The van der Waals surface area contributed by atoms with Crippen molar-refractivity contribution in [1.82, 2.24) is 0 Å². The van der Waals surface area contributed by atoms with Gasteiger partial charge in [0, 0.05) is 25.7 Å². The number of ether oxygens (including phenoxy) is 4. The van der Waals surface area contributed by atoms with Crippen LogP contribution < -0.4 is 0 Å². The predicted molar refractivity (Wildman–Crippen MR) is 331 cm³/mol. The van der Waals surface area contributed by atoms with E-state index in [1.54, 1.807) is 0 Å². The number of phosphoric acid groups is 2. The van der Waals surface area contributed by atoms with Crippen LogP contribution in [0, 0.1) is 11.8 Å².